The topological polar surface area (TPSA) is 39.4 Å². The highest BCUT2D eigenvalue weighted by molar-refractivity contribution is 7.14. The first-order chi connectivity index (χ1) is 12.0. The minimum atomic E-state index is -0.0462. The van der Waals surface area contributed by atoms with Crippen LogP contribution in [0.5, 0.6) is 5.75 Å². The van der Waals surface area contributed by atoms with E-state index in [4.69, 9.17) is 32.4 Å². The maximum atomic E-state index is 12.1. The number of hydrogen-bond acceptors (Lipinski definition) is 4. The Kier molecular flexibility index (Phi) is 5.63. The van der Waals surface area contributed by atoms with Gasteiger partial charge in [-0.3, -0.25) is 4.79 Å². The van der Waals surface area contributed by atoms with Gasteiger partial charge in [-0.25, -0.2) is 0 Å². The lowest BCUT2D eigenvalue weighted by atomic mass is 10.3. The molecule has 0 unspecified atom stereocenters. The summed E-state index contributed by atoms with van der Waals surface area (Å²) in [5.74, 6) is 1.55. The Hall–Kier alpha value is -2.01. The Morgan fingerprint density at radius 2 is 1.92 bits per heavy atom. The highest BCUT2D eigenvalue weighted by Crippen LogP contribution is 2.33. The molecule has 0 bridgehead atoms. The maximum Gasteiger partial charge on any atom is 0.195 e. The van der Waals surface area contributed by atoms with Crippen LogP contribution >= 0.6 is 34.5 Å². The molecule has 0 aliphatic carbocycles. The standard InChI is InChI=1S/C19H14Cl2O3S/c1-12-5-10-18(25-12)17(22)9-8-13-6-7-14(24-13)11-23-19-15(20)3-2-4-16(19)21/h2-10H,11H2,1H3/b9-8+. The summed E-state index contributed by atoms with van der Waals surface area (Å²) in [5.41, 5.74) is 0. The number of thiophene rings is 1. The van der Waals surface area contributed by atoms with Gasteiger partial charge in [0, 0.05) is 4.88 Å². The third-order valence-corrected chi connectivity index (χ3v) is 4.95. The normalized spacial score (nSPS) is 11.2. The molecule has 0 N–H and O–H groups in total. The molecule has 0 saturated heterocycles. The number of para-hydroxylation sites is 1. The van der Waals surface area contributed by atoms with E-state index in [9.17, 15) is 4.79 Å². The third kappa shape index (κ3) is 4.54. The number of aryl methyl sites for hydroxylation is 1. The number of allylic oxidation sites excluding steroid dienone is 1. The predicted molar refractivity (Wildman–Crippen MR) is 102 cm³/mol. The van der Waals surface area contributed by atoms with E-state index in [0.29, 0.717) is 32.2 Å². The van der Waals surface area contributed by atoms with Gasteiger partial charge in [0.2, 0.25) is 0 Å². The van der Waals surface area contributed by atoms with Crippen molar-refractivity contribution in [2.45, 2.75) is 13.5 Å². The molecule has 128 valence electrons. The molecule has 3 nitrogen and oxygen atoms in total. The number of carbonyl (C=O) groups excluding carboxylic acids is 1. The Bertz CT molecular complexity index is 904. The van der Waals surface area contributed by atoms with E-state index in [0.717, 1.165) is 4.88 Å². The first-order valence-electron chi connectivity index (χ1n) is 7.47. The van der Waals surface area contributed by atoms with Crippen molar-refractivity contribution in [3.05, 3.63) is 79.9 Å². The molecule has 0 aliphatic rings. The molecular formula is C19H14Cl2O3S. The molecule has 2 aromatic heterocycles. The van der Waals surface area contributed by atoms with Gasteiger partial charge >= 0.3 is 0 Å². The molecule has 0 aliphatic heterocycles. The molecule has 0 atom stereocenters. The summed E-state index contributed by atoms with van der Waals surface area (Å²) in [6.07, 6.45) is 3.14. The second-order valence-corrected chi connectivity index (χ2v) is 7.35. The van der Waals surface area contributed by atoms with Crippen molar-refractivity contribution in [2.75, 3.05) is 0 Å². The number of ketones is 1. The van der Waals surface area contributed by atoms with Crippen molar-refractivity contribution in [3.63, 3.8) is 0 Å². The van der Waals surface area contributed by atoms with Crippen LogP contribution in [-0.4, -0.2) is 5.78 Å². The third-order valence-electron chi connectivity index (χ3n) is 3.34. The van der Waals surface area contributed by atoms with Gasteiger partial charge < -0.3 is 9.15 Å². The van der Waals surface area contributed by atoms with Crippen molar-refractivity contribution >= 4 is 46.4 Å². The first kappa shape index (κ1) is 17.8. The Morgan fingerprint density at radius 1 is 1.16 bits per heavy atom. The molecule has 0 radical (unpaired) electrons. The monoisotopic (exact) mass is 392 g/mol. The van der Waals surface area contributed by atoms with E-state index in [2.05, 4.69) is 0 Å². The predicted octanol–water partition coefficient (Wildman–Crippen LogP) is 6.43. The second kappa shape index (κ2) is 7.91. The maximum absolute atomic E-state index is 12.1. The number of ether oxygens (including phenoxy) is 1. The van der Waals surface area contributed by atoms with E-state index >= 15 is 0 Å². The van der Waals surface area contributed by atoms with Crippen LogP contribution in [0.4, 0.5) is 0 Å². The van der Waals surface area contributed by atoms with Gasteiger partial charge in [-0.1, -0.05) is 29.3 Å². The fraction of sp³-hybridized carbons (Fsp3) is 0.105. The molecule has 2 heterocycles. The number of hydrogen-bond donors (Lipinski definition) is 0. The largest absolute Gasteiger partial charge is 0.483 e. The van der Waals surface area contributed by atoms with Crippen molar-refractivity contribution in [2.24, 2.45) is 0 Å². The molecule has 0 spiro atoms. The van der Waals surface area contributed by atoms with Crippen LogP contribution in [0.3, 0.4) is 0 Å². The van der Waals surface area contributed by atoms with Crippen LogP contribution in [0.15, 0.2) is 53.0 Å². The van der Waals surface area contributed by atoms with Crippen LogP contribution in [0.25, 0.3) is 6.08 Å². The van der Waals surface area contributed by atoms with E-state index < -0.39 is 0 Å². The quantitative estimate of drug-likeness (QED) is 0.358. The summed E-state index contributed by atoms with van der Waals surface area (Å²) < 4.78 is 11.2. The van der Waals surface area contributed by atoms with E-state index in [1.54, 1.807) is 36.4 Å². The summed E-state index contributed by atoms with van der Waals surface area (Å²) in [6, 6.07) is 12.5. The molecule has 0 saturated carbocycles. The molecular weight excluding hydrogens is 379 g/mol. The van der Waals surface area contributed by atoms with Gasteiger partial charge in [-0.2, -0.15) is 0 Å². The fourth-order valence-corrected chi connectivity index (χ4v) is 3.43. The zero-order chi connectivity index (χ0) is 17.8. The summed E-state index contributed by atoms with van der Waals surface area (Å²) in [6.45, 7) is 2.16. The lowest BCUT2D eigenvalue weighted by Gasteiger charge is -2.07. The molecule has 6 heteroatoms. The lowest BCUT2D eigenvalue weighted by molar-refractivity contribution is 0.105. The molecule has 3 aromatic rings. The lowest BCUT2D eigenvalue weighted by Crippen LogP contribution is -1.95. The van der Waals surface area contributed by atoms with Gasteiger partial charge in [0.15, 0.2) is 11.5 Å². The zero-order valence-electron chi connectivity index (χ0n) is 13.3. The number of benzene rings is 1. The average molecular weight is 393 g/mol. The average Bonchev–Trinajstić information content (AvgIpc) is 3.21. The van der Waals surface area contributed by atoms with Gasteiger partial charge in [0.1, 0.15) is 18.1 Å². The van der Waals surface area contributed by atoms with E-state index in [1.165, 1.54) is 17.4 Å². The summed E-state index contributed by atoms with van der Waals surface area (Å²) in [5, 5.41) is 0.882. The first-order valence-corrected chi connectivity index (χ1v) is 9.04. The van der Waals surface area contributed by atoms with E-state index in [1.807, 2.05) is 19.1 Å². The molecule has 0 fully saturated rings. The Labute approximate surface area is 159 Å². The number of rotatable bonds is 6. The van der Waals surface area contributed by atoms with Crippen molar-refractivity contribution < 1.29 is 13.9 Å². The van der Waals surface area contributed by atoms with Crippen LogP contribution in [0.1, 0.15) is 26.1 Å². The van der Waals surface area contributed by atoms with Crippen LogP contribution in [0.2, 0.25) is 10.0 Å². The van der Waals surface area contributed by atoms with Crippen molar-refractivity contribution in [1.82, 2.24) is 0 Å². The highest BCUT2D eigenvalue weighted by Gasteiger charge is 2.09. The molecule has 1 aromatic carbocycles. The van der Waals surface area contributed by atoms with Crippen molar-refractivity contribution in [3.8, 4) is 5.75 Å². The zero-order valence-corrected chi connectivity index (χ0v) is 15.6. The Balaban J connectivity index is 1.62. The summed E-state index contributed by atoms with van der Waals surface area (Å²) in [7, 11) is 0. The second-order valence-electron chi connectivity index (χ2n) is 5.25. The Morgan fingerprint density at radius 3 is 2.60 bits per heavy atom. The van der Waals surface area contributed by atoms with Gasteiger partial charge in [-0.15, -0.1) is 11.3 Å². The van der Waals surface area contributed by atoms with Gasteiger partial charge in [0.05, 0.1) is 14.9 Å². The fourth-order valence-electron chi connectivity index (χ4n) is 2.13. The highest BCUT2D eigenvalue weighted by atomic mass is 35.5. The van der Waals surface area contributed by atoms with Crippen LogP contribution in [-0.2, 0) is 6.61 Å². The minimum absolute atomic E-state index is 0.0462. The summed E-state index contributed by atoms with van der Waals surface area (Å²) >= 11 is 13.6. The van der Waals surface area contributed by atoms with Gasteiger partial charge in [-0.05, 0) is 55.5 Å². The molecule has 3 rings (SSSR count). The summed E-state index contributed by atoms with van der Waals surface area (Å²) in [4.78, 5) is 13.9. The number of furan rings is 1. The SMILES string of the molecule is Cc1ccc(C(=O)/C=C/c2ccc(COc3c(Cl)cccc3Cl)o2)s1. The smallest absolute Gasteiger partial charge is 0.195 e. The van der Waals surface area contributed by atoms with Crippen molar-refractivity contribution in [1.29, 1.82) is 0 Å². The molecule has 25 heavy (non-hydrogen) atoms. The van der Waals surface area contributed by atoms with Crippen LogP contribution in [0, 0.1) is 6.92 Å². The number of carbonyl (C=O) groups is 1. The van der Waals surface area contributed by atoms with Crippen LogP contribution < -0.4 is 4.74 Å². The minimum Gasteiger partial charge on any atom is -0.483 e. The van der Waals surface area contributed by atoms with Gasteiger partial charge in [0.25, 0.3) is 0 Å². The molecule has 0 amide bonds. The number of halogens is 2. The van der Waals surface area contributed by atoms with E-state index in [-0.39, 0.29) is 12.4 Å².